The molecular formula is C28H20ClNO4S. The Labute approximate surface area is 211 Å². The lowest BCUT2D eigenvalue weighted by Crippen LogP contribution is -2.28. The summed E-state index contributed by atoms with van der Waals surface area (Å²) in [6.07, 6.45) is 0. The Morgan fingerprint density at radius 3 is 2.37 bits per heavy atom. The molecule has 7 heteroatoms. The zero-order valence-corrected chi connectivity index (χ0v) is 20.0. The summed E-state index contributed by atoms with van der Waals surface area (Å²) in [7, 11) is 0. The second-order valence-electron chi connectivity index (χ2n) is 8.00. The van der Waals surface area contributed by atoms with Crippen LogP contribution in [0.15, 0.2) is 102 Å². The van der Waals surface area contributed by atoms with Crippen molar-refractivity contribution in [2.45, 2.75) is 12.6 Å². The van der Waals surface area contributed by atoms with Gasteiger partial charge in [0, 0.05) is 15.5 Å². The van der Waals surface area contributed by atoms with Crippen molar-refractivity contribution < 1.29 is 19.4 Å². The van der Waals surface area contributed by atoms with E-state index in [0.29, 0.717) is 27.6 Å². The Morgan fingerprint density at radius 2 is 1.66 bits per heavy atom. The predicted molar refractivity (Wildman–Crippen MR) is 137 cm³/mol. The summed E-state index contributed by atoms with van der Waals surface area (Å²) in [6.45, 7) is 0.244. The summed E-state index contributed by atoms with van der Waals surface area (Å²) in [5.74, 6) is -0.407. The molecule has 4 aromatic rings. The molecule has 1 N–H and O–H groups in total. The molecule has 2 heterocycles. The fourth-order valence-electron chi connectivity index (χ4n) is 4.10. The largest absolute Gasteiger partial charge is 0.507 e. The third kappa shape index (κ3) is 4.71. The summed E-state index contributed by atoms with van der Waals surface area (Å²) >= 11 is 7.50. The van der Waals surface area contributed by atoms with Crippen LogP contribution in [0, 0.1) is 0 Å². The van der Waals surface area contributed by atoms with E-state index in [0.717, 1.165) is 4.88 Å². The zero-order valence-electron chi connectivity index (χ0n) is 18.4. The number of carbonyl (C=O) groups is 2. The van der Waals surface area contributed by atoms with E-state index in [1.165, 1.54) is 16.2 Å². The molecule has 0 saturated carbocycles. The number of hydrogen-bond acceptors (Lipinski definition) is 5. The van der Waals surface area contributed by atoms with Gasteiger partial charge in [0.25, 0.3) is 11.7 Å². The topological polar surface area (TPSA) is 66.8 Å². The highest BCUT2D eigenvalue weighted by Gasteiger charge is 2.46. The average molecular weight is 502 g/mol. The van der Waals surface area contributed by atoms with Gasteiger partial charge in [-0.3, -0.25) is 9.59 Å². The van der Waals surface area contributed by atoms with Gasteiger partial charge in [-0.2, -0.15) is 0 Å². The molecule has 1 saturated heterocycles. The fourth-order valence-corrected chi connectivity index (χ4v) is 4.92. The molecular weight excluding hydrogens is 482 g/mol. The Morgan fingerprint density at radius 1 is 0.914 bits per heavy atom. The van der Waals surface area contributed by atoms with Crippen molar-refractivity contribution in [3.05, 3.63) is 123 Å². The summed E-state index contributed by atoms with van der Waals surface area (Å²) < 4.78 is 5.99. The third-order valence-corrected chi connectivity index (χ3v) is 6.83. The molecule has 1 unspecified atom stereocenters. The number of Topliss-reactive ketones (excluding diaryl/α,β-unsaturated/α-hetero) is 1. The van der Waals surface area contributed by atoms with Gasteiger partial charge in [-0.05, 0) is 65.5 Å². The molecule has 1 aromatic heterocycles. The van der Waals surface area contributed by atoms with Crippen LogP contribution in [-0.2, 0) is 16.1 Å². The van der Waals surface area contributed by atoms with Crippen molar-refractivity contribution in [1.29, 1.82) is 0 Å². The number of amides is 1. The van der Waals surface area contributed by atoms with E-state index in [1.54, 1.807) is 42.5 Å². The van der Waals surface area contributed by atoms with Crippen molar-refractivity contribution in [3.63, 3.8) is 0 Å². The number of thiophene rings is 1. The van der Waals surface area contributed by atoms with E-state index in [2.05, 4.69) is 0 Å². The van der Waals surface area contributed by atoms with Gasteiger partial charge >= 0.3 is 0 Å². The van der Waals surface area contributed by atoms with Crippen molar-refractivity contribution >= 4 is 40.4 Å². The molecule has 0 radical (unpaired) electrons. The van der Waals surface area contributed by atoms with Gasteiger partial charge in [0.2, 0.25) is 0 Å². The summed E-state index contributed by atoms with van der Waals surface area (Å²) in [4.78, 5) is 28.8. The number of aliphatic hydroxyl groups excluding tert-OH is 1. The van der Waals surface area contributed by atoms with Gasteiger partial charge in [0.1, 0.15) is 17.3 Å². The molecule has 5 rings (SSSR count). The minimum atomic E-state index is -0.785. The van der Waals surface area contributed by atoms with E-state index >= 15 is 0 Å². The van der Waals surface area contributed by atoms with Crippen LogP contribution in [0.4, 0.5) is 0 Å². The normalized spacial score (nSPS) is 17.1. The number of para-hydroxylation sites is 1. The first-order chi connectivity index (χ1) is 17.0. The smallest absolute Gasteiger partial charge is 0.295 e. The molecule has 1 amide bonds. The first kappa shape index (κ1) is 22.9. The van der Waals surface area contributed by atoms with Crippen LogP contribution < -0.4 is 4.74 Å². The van der Waals surface area contributed by atoms with Crippen molar-refractivity contribution in [2.75, 3.05) is 0 Å². The standard InChI is InChI=1S/C28H20ClNO4S/c29-20-13-11-18(12-14-20)26(31)24-25(30(28(33)27(24)32)17-23-10-5-15-35-23)19-6-4-9-22(16-19)34-21-7-2-1-3-8-21/h1-16,25,31H,17H2/b26-24-. The van der Waals surface area contributed by atoms with Gasteiger partial charge in [0.05, 0.1) is 18.2 Å². The number of rotatable bonds is 6. The molecule has 1 aliphatic heterocycles. The summed E-state index contributed by atoms with van der Waals surface area (Å²) in [5.41, 5.74) is 1.10. The van der Waals surface area contributed by atoms with E-state index in [-0.39, 0.29) is 17.9 Å². The van der Waals surface area contributed by atoms with Crippen LogP contribution in [-0.4, -0.2) is 21.7 Å². The summed E-state index contributed by atoms with van der Waals surface area (Å²) in [5, 5.41) is 13.6. The number of likely N-dealkylation sites (tertiary alicyclic amines) is 1. The second-order valence-corrected chi connectivity index (χ2v) is 9.47. The average Bonchev–Trinajstić information content (AvgIpc) is 3.47. The Hall–Kier alpha value is -3.87. The minimum Gasteiger partial charge on any atom is -0.507 e. The quantitative estimate of drug-likeness (QED) is 0.179. The second kappa shape index (κ2) is 9.78. The first-order valence-electron chi connectivity index (χ1n) is 10.9. The van der Waals surface area contributed by atoms with Crippen molar-refractivity contribution in [3.8, 4) is 11.5 Å². The van der Waals surface area contributed by atoms with Gasteiger partial charge in [-0.1, -0.05) is 48.0 Å². The number of ether oxygens (including phenoxy) is 1. The maximum Gasteiger partial charge on any atom is 0.295 e. The number of carbonyl (C=O) groups excluding carboxylic acids is 2. The molecule has 3 aromatic carbocycles. The number of aliphatic hydroxyl groups is 1. The van der Waals surface area contributed by atoms with Gasteiger partial charge in [0.15, 0.2) is 0 Å². The highest BCUT2D eigenvalue weighted by atomic mass is 35.5. The van der Waals surface area contributed by atoms with Gasteiger partial charge in [-0.15, -0.1) is 11.3 Å². The number of benzene rings is 3. The van der Waals surface area contributed by atoms with Gasteiger partial charge in [-0.25, -0.2) is 0 Å². The van der Waals surface area contributed by atoms with Gasteiger partial charge < -0.3 is 14.7 Å². The van der Waals surface area contributed by atoms with E-state index < -0.39 is 17.7 Å². The summed E-state index contributed by atoms with van der Waals surface area (Å²) in [6, 6.07) is 26.1. The number of hydrogen-bond donors (Lipinski definition) is 1. The Kier molecular flexibility index (Phi) is 6.40. The van der Waals surface area contributed by atoms with Crippen LogP contribution in [0.2, 0.25) is 5.02 Å². The molecule has 0 bridgehead atoms. The lowest BCUT2D eigenvalue weighted by atomic mass is 9.95. The van der Waals surface area contributed by atoms with Crippen molar-refractivity contribution in [2.24, 2.45) is 0 Å². The van der Waals surface area contributed by atoms with Crippen LogP contribution in [0.25, 0.3) is 5.76 Å². The Balaban J connectivity index is 1.61. The maximum atomic E-state index is 13.2. The van der Waals surface area contributed by atoms with Crippen LogP contribution in [0.1, 0.15) is 22.0 Å². The number of nitrogens with zero attached hydrogens (tertiary/aromatic N) is 1. The van der Waals surface area contributed by atoms with Crippen LogP contribution in [0.5, 0.6) is 11.5 Å². The highest BCUT2D eigenvalue weighted by molar-refractivity contribution is 7.09. The molecule has 35 heavy (non-hydrogen) atoms. The maximum absolute atomic E-state index is 13.2. The predicted octanol–water partition coefficient (Wildman–Crippen LogP) is 6.82. The minimum absolute atomic E-state index is 0.0331. The molecule has 1 atom stereocenters. The van der Waals surface area contributed by atoms with Crippen LogP contribution in [0.3, 0.4) is 0 Å². The number of halogens is 1. The third-order valence-electron chi connectivity index (χ3n) is 5.72. The molecule has 0 spiro atoms. The molecule has 1 aliphatic rings. The van der Waals surface area contributed by atoms with E-state index in [1.807, 2.05) is 53.9 Å². The first-order valence-corrected chi connectivity index (χ1v) is 12.2. The van der Waals surface area contributed by atoms with E-state index in [9.17, 15) is 14.7 Å². The lowest BCUT2D eigenvalue weighted by molar-refractivity contribution is -0.140. The Bertz CT molecular complexity index is 1400. The molecule has 0 aliphatic carbocycles. The molecule has 174 valence electrons. The molecule has 1 fully saturated rings. The van der Waals surface area contributed by atoms with E-state index in [4.69, 9.17) is 16.3 Å². The SMILES string of the molecule is O=C1C(=O)N(Cc2cccs2)C(c2cccc(Oc3ccccc3)c2)/C1=C(/O)c1ccc(Cl)cc1. The highest BCUT2D eigenvalue weighted by Crippen LogP contribution is 2.41. The number of ketones is 1. The lowest BCUT2D eigenvalue weighted by Gasteiger charge is -2.25. The fraction of sp³-hybridized carbons (Fsp3) is 0.0714. The molecule has 5 nitrogen and oxygen atoms in total. The monoisotopic (exact) mass is 501 g/mol. The zero-order chi connectivity index (χ0) is 24.4. The van der Waals surface area contributed by atoms with Crippen LogP contribution >= 0.6 is 22.9 Å². The van der Waals surface area contributed by atoms with Crippen molar-refractivity contribution in [1.82, 2.24) is 4.90 Å².